The molecule has 3 aromatic rings. The van der Waals surface area contributed by atoms with Crippen LogP contribution in [0.5, 0.6) is 11.5 Å². The van der Waals surface area contributed by atoms with E-state index in [0.717, 1.165) is 30.7 Å². The van der Waals surface area contributed by atoms with Crippen LogP contribution in [-0.4, -0.2) is 15.9 Å². The van der Waals surface area contributed by atoms with E-state index in [4.69, 9.17) is 25.5 Å². The van der Waals surface area contributed by atoms with Crippen molar-refractivity contribution >= 4 is 23.3 Å². The fraction of sp³-hybridized carbons (Fsp3) is 0.111. The van der Waals surface area contributed by atoms with Crippen molar-refractivity contribution in [1.29, 1.82) is 0 Å². The lowest BCUT2D eigenvalue weighted by Crippen LogP contribution is -2.09. The van der Waals surface area contributed by atoms with Gasteiger partial charge in [-0.3, -0.25) is 10.1 Å². The zero-order chi connectivity index (χ0) is 21.9. The van der Waals surface area contributed by atoms with Gasteiger partial charge in [0.15, 0.2) is 6.39 Å². The molecule has 1 aromatic heterocycles. The van der Waals surface area contributed by atoms with Crippen molar-refractivity contribution in [2.45, 2.75) is 12.8 Å². The summed E-state index contributed by atoms with van der Waals surface area (Å²) < 4.78 is 53.3. The Bertz CT molecular complexity index is 1090. The van der Waals surface area contributed by atoms with Crippen molar-refractivity contribution < 1.29 is 36.8 Å². The first kappa shape index (κ1) is 21.1. The van der Waals surface area contributed by atoms with Gasteiger partial charge in [0.25, 0.3) is 5.69 Å². The van der Waals surface area contributed by atoms with Crippen LogP contribution in [-0.2, 0) is 17.5 Å². The molecule has 0 aliphatic heterocycles. The highest BCUT2D eigenvalue weighted by Gasteiger charge is 2.31. The number of carbonyl (C=O) groups excluding carboxylic acids is 1. The summed E-state index contributed by atoms with van der Waals surface area (Å²) in [5.41, 5.74) is -1.66. The van der Waals surface area contributed by atoms with E-state index in [9.17, 15) is 28.1 Å². The highest BCUT2D eigenvalue weighted by Crippen LogP contribution is 2.37. The van der Waals surface area contributed by atoms with Crippen molar-refractivity contribution in [3.63, 3.8) is 0 Å². The zero-order valence-electron chi connectivity index (χ0n) is 14.7. The second kappa shape index (κ2) is 8.41. The number of oxazole rings is 1. The SMILES string of the molecule is O=C(OCc1cocn1)c1cc(Oc2ccc(C(F)(F)F)cc2Cl)ccc1[N+](=O)[O-]. The predicted molar refractivity (Wildman–Crippen MR) is 95.2 cm³/mol. The van der Waals surface area contributed by atoms with Gasteiger partial charge in [-0.05, 0) is 24.3 Å². The molecule has 0 radical (unpaired) electrons. The van der Waals surface area contributed by atoms with Crippen LogP contribution >= 0.6 is 11.6 Å². The molecule has 0 saturated heterocycles. The summed E-state index contributed by atoms with van der Waals surface area (Å²) >= 11 is 5.84. The van der Waals surface area contributed by atoms with E-state index < -0.39 is 33.9 Å². The molecule has 0 saturated carbocycles. The topological polar surface area (TPSA) is 105 Å². The number of carbonyl (C=O) groups is 1. The summed E-state index contributed by atoms with van der Waals surface area (Å²) in [6.07, 6.45) is -2.24. The van der Waals surface area contributed by atoms with Crippen LogP contribution in [0.2, 0.25) is 5.02 Å². The maximum atomic E-state index is 12.7. The number of nitro groups is 1. The lowest BCUT2D eigenvalue weighted by Gasteiger charge is -2.12. The maximum Gasteiger partial charge on any atom is 0.416 e. The molecule has 1 heterocycles. The molecule has 0 amide bonds. The Balaban J connectivity index is 1.85. The molecule has 0 aliphatic rings. The molecule has 8 nitrogen and oxygen atoms in total. The minimum Gasteiger partial charge on any atom is -0.456 e. The van der Waals surface area contributed by atoms with Crippen molar-refractivity contribution in [1.82, 2.24) is 4.98 Å². The monoisotopic (exact) mass is 442 g/mol. The van der Waals surface area contributed by atoms with Crippen LogP contribution in [0.15, 0.2) is 53.5 Å². The van der Waals surface area contributed by atoms with Gasteiger partial charge in [0.1, 0.15) is 35.6 Å². The van der Waals surface area contributed by atoms with E-state index in [2.05, 4.69) is 4.98 Å². The zero-order valence-corrected chi connectivity index (χ0v) is 15.4. The molecule has 12 heteroatoms. The second-order valence-electron chi connectivity index (χ2n) is 5.74. The summed E-state index contributed by atoms with van der Waals surface area (Å²) in [6, 6.07) is 5.63. The fourth-order valence-electron chi connectivity index (χ4n) is 2.31. The molecule has 156 valence electrons. The van der Waals surface area contributed by atoms with Crippen LogP contribution < -0.4 is 4.74 Å². The first-order chi connectivity index (χ1) is 14.1. The number of halogens is 4. The summed E-state index contributed by atoms with van der Waals surface area (Å²) in [6.45, 7) is -0.289. The Morgan fingerprint density at radius 3 is 2.60 bits per heavy atom. The number of esters is 1. The largest absolute Gasteiger partial charge is 0.456 e. The molecule has 30 heavy (non-hydrogen) atoms. The van der Waals surface area contributed by atoms with Gasteiger partial charge in [0.05, 0.1) is 15.5 Å². The van der Waals surface area contributed by atoms with Gasteiger partial charge in [-0.25, -0.2) is 9.78 Å². The van der Waals surface area contributed by atoms with Crippen LogP contribution in [0.25, 0.3) is 0 Å². The summed E-state index contributed by atoms with van der Waals surface area (Å²) in [5, 5.41) is 10.9. The van der Waals surface area contributed by atoms with Gasteiger partial charge in [-0.2, -0.15) is 13.2 Å². The number of hydrogen-bond donors (Lipinski definition) is 0. The van der Waals surface area contributed by atoms with E-state index in [1.54, 1.807) is 0 Å². The van der Waals surface area contributed by atoms with Crippen LogP contribution in [0.1, 0.15) is 21.6 Å². The van der Waals surface area contributed by atoms with Gasteiger partial charge < -0.3 is 13.9 Å². The van der Waals surface area contributed by atoms with Crippen LogP contribution in [0, 0.1) is 10.1 Å². The van der Waals surface area contributed by atoms with Crippen molar-refractivity contribution in [3.05, 3.63) is 81.0 Å². The maximum absolute atomic E-state index is 12.7. The van der Waals surface area contributed by atoms with Gasteiger partial charge in [0, 0.05) is 12.1 Å². The summed E-state index contributed by atoms with van der Waals surface area (Å²) in [7, 11) is 0. The molecule has 3 rings (SSSR count). The van der Waals surface area contributed by atoms with Gasteiger partial charge in [-0.15, -0.1) is 0 Å². The Labute approximate surface area is 170 Å². The molecule has 2 aromatic carbocycles. The van der Waals surface area contributed by atoms with Gasteiger partial charge >= 0.3 is 12.1 Å². The molecule has 0 bridgehead atoms. The molecule has 0 atom stereocenters. The first-order valence-electron chi connectivity index (χ1n) is 8.02. The lowest BCUT2D eigenvalue weighted by atomic mass is 10.1. The third-order valence-corrected chi connectivity index (χ3v) is 4.00. The van der Waals surface area contributed by atoms with Crippen molar-refractivity contribution in [2.24, 2.45) is 0 Å². The number of rotatable bonds is 6. The van der Waals surface area contributed by atoms with Gasteiger partial charge in [0.2, 0.25) is 0 Å². The lowest BCUT2D eigenvalue weighted by molar-refractivity contribution is -0.385. The quantitative estimate of drug-likeness (QED) is 0.286. The van der Waals surface area contributed by atoms with E-state index >= 15 is 0 Å². The molecular formula is C18H10ClF3N2O6. The number of benzene rings is 2. The molecule has 0 unspecified atom stereocenters. The van der Waals surface area contributed by atoms with E-state index in [0.29, 0.717) is 6.07 Å². The second-order valence-corrected chi connectivity index (χ2v) is 6.14. The molecule has 0 spiro atoms. The van der Waals surface area contributed by atoms with Crippen LogP contribution in [0.4, 0.5) is 18.9 Å². The van der Waals surface area contributed by atoms with E-state index in [1.807, 2.05) is 0 Å². The molecule has 0 fully saturated rings. The van der Waals surface area contributed by atoms with Crippen LogP contribution in [0.3, 0.4) is 0 Å². The third kappa shape index (κ3) is 4.87. The van der Waals surface area contributed by atoms with Crippen molar-refractivity contribution in [3.8, 4) is 11.5 Å². The first-order valence-corrected chi connectivity index (χ1v) is 8.40. The summed E-state index contributed by atoms with van der Waals surface area (Å²) in [4.78, 5) is 26.5. The molecule has 0 aliphatic carbocycles. The average molecular weight is 443 g/mol. The van der Waals surface area contributed by atoms with Gasteiger partial charge in [-0.1, -0.05) is 11.6 Å². The minimum atomic E-state index is -4.59. The predicted octanol–water partition coefficient (Wildman–Crippen LogP) is 5.40. The summed E-state index contributed by atoms with van der Waals surface area (Å²) in [5.74, 6) is -1.25. The number of nitrogens with zero attached hydrogens (tertiary/aromatic N) is 2. The number of aromatic nitrogens is 1. The minimum absolute atomic E-state index is 0.0735. The Morgan fingerprint density at radius 1 is 1.23 bits per heavy atom. The smallest absolute Gasteiger partial charge is 0.416 e. The standard InChI is InChI=1S/C18H10ClF3N2O6/c19-14-5-10(18(20,21)22)1-4-16(14)30-12-2-3-15(24(26)27)13(6-12)17(25)29-8-11-7-28-9-23-11/h1-7,9H,8H2. The highest BCUT2D eigenvalue weighted by atomic mass is 35.5. The number of ether oxygens (including phenoxy) is 2. The molecular weight excluding hydrogens is 433 g/mol. The number of hydrogen-bond acceptors (Lipinski definition) is 7. The Hall–Kier alpha value is -3.60. The van der Waals surface area contributed by atoms with E-state index in [-0.39, 0.29) is 28.8 Å². The fourth-order valence-corrected chi connectivity index (χ4v) is 2.53. The normalized spacial score (nSPS) is 11.2. The average Bonchev–Trinajstić information content (AvgIpc) is 3.20. The van der Waals surface area contributed by atoms with E-state index in [1.165, 1.54) is 12.3 Å². The number of alkyl halides is 3. The Kier molecular flexibility index (Phi) is 5.92. The molecule has 0 N–H and O–H groups in total. The number of nitro benzene ring substituents is 1. The Morgan fingerprint density at radius 2 is 2.00 bits per heavy atom. The third-order valence-electron chi connectivity index (χ3n) is 3.71. The van der Waals surface area contributed by atoms with Crippen molar-refractivity contribution in [2.75, 3.05) is 0 Å². The highest BCUT2D eigenvalue weighted by molar-refractivity contribution is 6.32.